The fourth-order valence-corrected chi connectivity index (χ4v) is 4.12. The number of quaternary nitrogens is 1. The molecule has 0 radical (unpaired) electrons. The third-order valence-electron chi connectivity index (χ3n) is 4.29. The van der Waals surface area contributed by atoms with Crippen LogP contribution >= 0.6 is 0 Å². The molecule has 1 aromatic rings. The van der Waals surface area contributed by atoms with Crippen molar-refractivity contribution in [2.75, 3.05) is 32.4 Å². The van der Waals surface area contributed by atoms with Crippen molar-refractivity contribution in [1.82, 2.24) is 4.72 Å². The van der Waals surface area contributed by atoms with Crippen LogP contribution in [0, 0.1) is 11.8 Å². The molecule has 1 rings (SSSR count). The Hall–Kier alpha value is -2.08. The molecule has 8 heteroatoms. The van der Waals surface area contributed by atoms with Crippen molar-refractivity contribution in [1.29, 1.82) is 0 Å². The third kappa shape index (κ3) is 12.5. The lowest BCUT2D eigenvalue weighted by atomic mass is 10.1. The summed E-state index contributed by atoms with van der Waals surface area (Å²) in [6, 6.07) is 6.11. The first kappa shape index (κ1) is 26.0. The van der Waals surface area contributed by atoms with E-state index in [-0.39, 0.29) is 6.42 Å². The first-order chi connectivity index (χ1) is 14.0. The lowest BCUT2D eigenvalue weighted by Gasteiger charge is -2.29. The van der Waals surface area contributed by atoms with Crippen molar-refractivity contribution in [3.05, 3.63) is 29.8 Å². The van der Waals surface area contributed by atoms with Crippen molar-refractivity contribution in [2.45, 2.75) is 57.9 Å². The summed E-state index contributed by atoms with van der Waals surface area (Å²) < 4.78 is 30.2. The third-order valence-corrected chi connectivity index (χ3v) is 5.43. The van der Waals surface area contributed by atoms with Crippen LogP contribution in [0.1, 0.15) is 57.4 Å². The van der Waals surface area contributed by atoms with Gasteiger partial charge in [-0.25, -0.2) is 0 Å². The largest absolute Gasteiger partial charge is 0.481 e. The summed E-state index contributed by atoms with van der Waals surface area (Å²) in [4.78, 5) is 11.1. The van der Waals surface area contributed by atoms with Gasteiger partial charge in [-0.15, -0.1) is 0 Å². The molecule has 7 nitrogen and oxygen atoms in total. The summed E-state index contributed by atoms with van der Waals surface area (Å²) in [6.45, 7) is 2.54. The number of aliphatic carboxylic acids is 1. The van der Waals surface area contributed by atoms with E-state index >= 15 is 0 Å². The number of carboxylic acids is 1. The molecule has 0 aliphatic carbocycles. The quantitative estimate of drug-likeness (QED) is 0.250. The van der Waals surface area contributed by atoms with Crippen LogP contribution in [-0.4, -0.2) is 57.7 Å². The fraction of sp³-hybridized carbons (Fsp3) is 0.591. The molecular formula is C22H36N3O4S+. The molecule has 0 bridgehead atoms. The molecule has 1 atom stereocenters. The first-order valence-electron chi connectivity index (χ1n) is 10.4. The van der Waals surface area contributed by atoms with E-state index in [1.54, 1.807) is 24.3 Å². The van der Waals surface area contributed by atoms with Gasteiger partial charge in [-0.2, -0.15) is 13.1 Å². The minimum Gasteiger partial charge on any atom is -0.481 e. The van der Waals surface area contributed by atoms with Gasteiger partial charge in [0.1, 0.15) is 0 Å². The second kappa shape index (κ2) is 12.6. The Labute approximate surface area is 181 Å². The maximum atomic E-state index is 12.4. The van der Waals surface area contributed by atoms with Gasteiger partial charge in [0.15, 0.2) is 0 Å². The number of carbonyl (C=O) groups is 1. The second-order valence-electron chi connectivity index (χ2n) is 8.53. The molecular weight excluding hydrogens is 402 g/mol. The number of carboxylic acid groups (broad SMARTS) is 1. The average molecular weight is 439 g/mol. The Morgan fingerprint density at radius 1 is 1.10 bits per heavy atom. The summed E-state index contributed by atoms with van der Waals surface area (Å²) in [6.07, 6.45) is 6.62. The lowest BCUT2D eigenvalue weighted by molar-refractivity contribution is -0.871. The number of benzene rings is 1. The number of likely N-dealkylation sites (N-methyl/N-ethyl adjacent to an activating group) is 1. The number of nitrogens with zero attached hydrogens (tertiary/aromatic N) is 1. The fourth-order valence-electron chi connectivity index (χ4n) is 3.02. The summed E-state index contributed by atoms with van der Waals surface area (Å²) in [5.41, 5.74) is 1.22. The van der Waals surface area contributed by atoms with Gasteiger partial charge in [-0.05, 0) is 30.7 Å². The van der Waals surface area contributed by atoms with E-state index in [4.69, 9.17) is 5.11 Å². The Morgan fingerprint density at radius 2 is 1.73 bits per heavy atom. The molecule has 0 amide bonds. The van der Waals surface area contributed by atoms with Crippen LogP contribution in [0.5, 0.6) is 0 Å². The van der Waals surface area contributed by atoms with Gasteiger partial charge in [-0.1, -0.05) is 44.4 Å². The number of hydrogen-bond donors (Lipinski definition) is 3. The SMILES string of the molecule is CCCCCCCC#Cc1ccc(NS(=O)(=O)N[C@H](CC(=O)O)C[N+](C)(C)C)cc1. The molecule has 0 saturated heterocycles. The van der Waals surface area contributed by atoms with E-state index in [0.29, 0.717) is 16.7 Å². The molecule has 168 valence electrons. The number of anilines is 1. The molecule has 0 aliphatic heterocycles. The molecule has 0 heterocycles. The summed E-state index contributed by atoms with van der Waals surface area (Å²) in [5, 5.41) is 9.07. The van der Waals surface area contributed by atoms with E-state index in [1.807, 2.05) is 21.1 Å². The molecule has 0 spiro atoms. The highest BCUT2D eigenvalue weighted by atomic mass is 32.2. The summed E-state index contributed by atoms with van der Waals surface area (Å²) in [5.74, 6) is 5.20. The molecule has 3 N–H and O–H groups in total. The lowest BCUT2D eigenvalue weighted by Crippen LogP contribution is -2.50. The Morgan fingerprint density at radius 3 is 2.30 bits per heavy atom. The zero-order valence-electron chi connectivity index (χ0n) is 18.6. The highest BCUT2D eigenvalue weighted by Crippen LogP contribution is 2.12. The normalized spacial score (nSPS) is 12.7. The number of nitrogens with one attached hydrogen (secondary N) is 2. The van der Waals surface area contributed by atoms with Gasteiger partial charge in [0.05, 0.1) is 40.2 Å². The Kier molecular flexibility index (Phi) is 10.9. The van der Waals surface area contributed by atoms with Crippen LogP contribution in [0.4, 0.5) is 5.69 Å². The van der Waals surface area contributed by atoms with Crippen LogP contribution in [0.2, 0.25) is 0 Å². The van der Waals surface area contributed by atoms with E-state index < -0.39 is 22.2 Å². The van der Waals surface area contributed by atoms with Gasteiger partial charge in [0, 0.05) is 17.7 Å². The summed E-state index contributed by atoms with van der Waals surface area (Å²) >= 11 is 0. The average Bonchev–Trinajstić information content (AvgIpc) is 2.59. The van der Waals surface area contributed by atoms with Gasteiger partial charge in [0.2, 0.25) is 0 Å². The zero-order valence-corrected chi connectivity index (χ0v) is 19.4. The van der Waals surface area contributed by atoms with Crippen molar-refractivity contribution in [2.24, 2.45) is 0 Å². The maximum Gasteiger partial charge on any atom is 0.305 e. The Balaban J connectivity index is 2.63. The van der Waals surface area contributed by atoms with Gasteiger partial charge >= 0.3 is 5.97 Å². The minimum atomic E-state index is -3.91. The highest BCUT2D eigenvalue weighted by molar-refractivity contribution is 7.90. The smallest absolute Gasteiger partial charge is 0.305 e. The first-order valence-corrected chi connectivity index (χ1v) is 11.9. The molecule has 0 unspecified atom stereocenters. The van der Waals surface area contributed by atoms with Gasteiger partial charge < -0.3 is 9.59 Å². The number of hydrogen-bond acceptors (Lipinski definition) is 3. The molecule has 30 heavy (non-hydrogen) atoms. The predicted molar refractivity (Wildman–Crippen MR) is 121 cm³/mol. The standard InChI is InChI=1S/C22H35N3O4S/c1-5-6-7-8-9-10-11-12-19-13-15-20(16-14-19)23-30(28,29)24-21(17-22(26)27)18-25(2,3)4/h13-16,21,23-24H,5-10,17-18H2,1-4H3/p+1/t21-/m1/s1. The van der Waals surface area contributed by atoms with Crippen LogP contribution in [-0.2, 0) is 15.0 Å². The highest BCUT2D eigenvalue weighted by Gasteiger charge is 2.25. The van der Waals surface area contributed by atoms with E-state index in [0.717, 1.165) is 18.4 Å². The van der Waals surface area contributed by atoms with Crippen molar-refractivity contribution >= 4 is 21.9 Å². The van der Waals surface area contributed by atoms with Crippen LogP contribution < -0.4 is 9.44 Å². The molecule has 0 fully saturated rings. The zero-order chi connectivity index (χ0) is 22.6. The molecule has 0 aromatic heterocycles. The van der Waals surface area contributed by atoms with Gasteiger partial charge in [-0.3, -0.25) is 9.52 Å². The van der Waals surface area contributed by atoms with E-state index in [9.17, 15) is 13.2 Å². The number of rotatable bonds is 13. The molecule has 1 aromatic carbocycles. The van der Waals surface area contributed by atoms with Crippen molar-refractivity contribution < 1.29 is 22.8 Å². The van der Waals surface area contributed by atoms with Crippen LogP contribution in [0.15, 0.2) is 24.3 Å². The minimum absolute atomic E-state index is 0.288. The van der Waals surface area contributed by atoms with Crippen LogP contribution in [0.25, 0.3) is 0 Å². The van der Waals surface area contributed by atoms with Crippen molar-refractivity contribution in [3.63, 3.8) is 0 Å². The van der Waals surface area contributed by atoms with Crippen LogP contribution in [0.3, 0.4) is 0 Å². The van der Waals surface area contributed by atoms with E-state index in [1.165, 1.54) is 25.7 Å². The number of unbranched alkanes of at least 4 members (excludes halogenated alkanes) is 5. The van der Waals surface area contributed by atoms with Crippen molar-refractivity contribution in [3.8, 4) is 11.8 Å². The topological polar surface area (TPSA) is 95.5 Å². The Bertz CT molecular complexity index is 819. The summed E-state index contributed by atoms with van der Waals surface area (Å²) in [7, 11) is 1.72. The molecule has 0 saturated carbocycles. The maximum absolute atomic E-state index is 12.4. The second-order valence-corrected chi connectivity index (χ2v) is 9.98. The predicted octanol–water partition coefficient (Wildman–Crippen LogP) is 3.19. The van der Waals surface area contributed by atoms with E-state index in [2.05, 4.69) is 28.2 Å². The monoisotopic (exact) mass is 438 g/mol. The molecule has 0 aliphatic rings. The van der Waals surface area contributed by atoms with Gasteiger partial charge in [0.25, 0.3) is 10.2 Å².